The maximum atomic E-state index is 12.5. The molecule has 0 radical (unpaired) electrons. The first kappa shape index (κ1) is 15.1. The van der Waals surface area contributed by atoms with Gasteiger partial charge in [0.15, 0.2) is 0 Å². The molecule has 6 heteroatoms. The van der Waals surface area contributed by atoms with E-state index in [-0.39, 0.29) is 10.9 Å². The number of rotatable bonds is 5. The van der Waals surface area contributed by atoms with E-state index in [4.69, 9.17) is 10.5 Å². The minimum atomic E-state index is -3.60. The van der Waals surface area contributed by atoms with E-state index in [0.717, 1.165) is 19.3 Å². The summed E-state index contributed by atoms with van der Waals surface area (Å²) >= 11 is 0. The third-order valence-corrected chi connectivity index (χ3v) is 5.12. The zero-order valence-corrected chi connectivity index (χ0v) is 12.7. The van der Waals surface area contributed by atoms with E-state index in [9.17, 15) is 8.42 Å². The zero-order valence-electron chi connectivity index (χ0n) is 11.9. The molecule has 5 nitrogen and oxygen atoms in total. The highest BCUT2D eigenvalue weighted by atomic mass is 32.2. The Morgan fingerprint density at radius 2 is 2.15 bits per heavy atom. The summed E-state index contributed by atoms with van der Waals surface area (Å²) in [5.74, 6) is 0.912. The molecule has 0 bridgehead atoms. The number of nitrogens with one attached hydrogen (secondary N) is 1. The second-order valence-electron chi connectivity index (χ2n) is 5.38. The fourth-order valence-corrected chi connectivity index (χ4v) is 4.07. The topological polar surface area (TPSA) is 81.4 Å². The Kier molecular flexibility index (Phi) is 4.55. The van der Waals surface area contributed by atoms with Crippen LogP contribution < -0.4 is 15.2 Å². The summed E-state index contributed by atoms with van der Waals surface area (Å²) in [4.78, 5) is 0.124. The molecule has 1 aliphatic rings. The molecule has 0 amide bonds. The number of hydrogen-bond acceptors (Lipinski definition) is 4. The summed E-state index contributed by atoms with van der Waals surface area (Å²) in [6.07, 6.45) is 2.82. The van der Waals surface area contributed by atoms with Crippen molar-refractivity contribution in [1.82, 2.24) is 4.72 Å². The molecule has 1 aromatic carbocycles. The molecule has 0 aromatic heterocycles. The number of hydrogen-bond donors (Lipinski definition) is 2. The van der Waals surface area contributed by atoms with Gasteiger partial charge in [0.25, 0.3) is 0 Å². The van der Waals surface area contributed by atoms with E-state index in [1.807, 2.05) is 6.92 Å². The molecule has 2 rings (SSSR count). The molecule has 3 N–H and O–H groups in total. The van der Waals surface area contributed by atoms with Gasteiger partial charge in [0.05, 0.1) is 6.61 Å². The van der Waals surface area contributed by atoms with Crippen molar-refractivity contribution in [1.29, 1.82) is 0 Å². The summed E-state index contributed by atoms with van der Waals surface area (Å²) < 4.78 is 33.1. The van der Waals surface area contributed by atoms with Gasteiger partial charge >= 0.3 is 0 Å². The van der Waals surface area contributed by atoms with E-state index in [1.165, 1.54) is 6.07 Å². The lowest BCUT2D eigenvalue weighted by atomic mass is 10.1. The van der Waals surface area contributed by atoms with Crippen LogP contribution in [-0.4, -0.2) is 21.1 Å². The molecule has 1 aliphatic carbocycles. The van der Waals surface area contributed by atoms with E-state index in [2.05, 4.69) is 11.6 Å². The molecule has 0 spiro atoms. The molecule has 2 unspecified atom stereocenters. The molecular formula is C14H22N2O3S. The van der Waals surface area contributed by atoms with Gasteiger partial charge in [-0.15, -0.1) is 0 Å². The zero-order chi connectivity index (χ0) is 14.8. The van der Waals surface area contributed by atoms with Crippen LogP contribution in [0.15, 0.2) is 23.1 Å². The monoisotopic (exact) mass is 298 g/mol. The predicted molar refractivity (Wildman–Crippen MR) is 79.1 cm³/mol. The van der Waals surface area contributed by atoms with Crippen molar-refractivity contribution in [2.45, 2.75) is 44.0 Å². The van der Waals surface area contributed by atoms with Crippen LogP contribution in [0.2, 0.25) is 0 Å². The van der Waals surface area contributed by atoms with Crippen molar-refractivity contribution in [3.63, 3.8) is 0 Å². The third kappa shape index (κ3) is 3.43. The van der Waals surface area contributed by atoms with Crippen molar-refractivity contribution in [2.75, 3.05) is 12.3 Å². The Hall–Kier alpha value is -1.27. The van der Waals surface area contributed by atoms with E-state index in [0.29, 0.717) is 24.0 Å². The van der Waals surface area contributed by atoms with Gasteiger partial charge in [-0.1, -0.05) is 6.92 Å². The maximum Gasteiger partial charge on any atom is 0.244 e. The smallest absolute Gasteiger partial charge is 0.244 e. The van der Waals surface area contributed by atoms with Crippen molar-refractivity contribution >= 4 is 15.7 Å². The minimum Gasteiger partial charge on any atom is -0.492 e. The standard InChI is InChI=1S/C14H22N2O3S/c1-3-19-13-7-5-11(15)9-14(13)20(17,18)16-12-6-4-10(2)8-12/h5,7,9-10,12,16H,3-4,6,8,15H2,1-2H3. The Morgan fingerprint density at radius 1 is 1.40 bits per heavy atom. The average molecular weight is 298 g/mol. The Balaban J connectivity index is 2.26. The molecule has 2 atom stereocenters. The minimum absolute atomic E-state index is 0.00547. The largest absolute Gasteiger partial charge is 0.492 e. The van der Waals surface area contributed by atoms with Gasteiger partial charge in [0.2, 0.25) is 10.0 Å². The van der Waals surface area contributed by atoms with Gasteiger partial charge in [-0.3, -0.25) is 0 Å². The first-order chi connectivity index (χ1) is 9.42. The molecule has 1 saturated carbocycles. The summed E-state index contributed by atoms with van der Waals surface area (Å²) in [5, 5.41) is 0. The lowest BCUT2D eigenvalue weighted by Gasteiger charge is -2.16. The Bertz CT molecular complexity index is 572. The fraction of sp³-hybridized carbons (Fsp3) is 0.571. The van der Waals surface area contributed by atoms with Crippen LogP contribution in [-0.2, 0) is 10.0 Å². The van der Waals surface area contributed by atoms with Crippen molar-refractivity contribution in [2.24, 2.45) is 5.92 Å². The Morgan fingerprint density at radius 3 is 2.75 bits per heavy atom. The van der Waals surface area contributed by atoms with Gasteiger partial charge < -0.3 is 10.5 Å². The number of benzene rings is 1. The van der Waals surface area contributed by atoms with Crippen LogP contribution in [0.4, 0.5) is 5.69 Å². The van der Waals surface area contributed by atoms with E-state index >= 15 is 0 Å². The van der Waals surface area contributed by atoms with E-state index in [1.54, 1.807) is 12.1 Å². The molecule has 1 aromatic rings. The predicted octanol–water partition coefficient (Wildman–Crippen LogP) is 2.13. The molecular weight excluding hydrogens is 276 g/mol. The summed E-state index contributed by atoms with van der Waals surface area (Å²) in [6, 6.07) is 4.70. The fourth-order valence-electron chi connectivity index (χ4n) is 2.61. The van der Waals surface area contributed by atoms with Gasteiger partial charge in [-0.2, -0.15) is 0 Å². The first-order valence-corrected chi connectivity index (χ1v) is 8.45. The third-order valence-electron chi connectivity index (χ3n) is 3.57. The SMILES string of the molecule is CCOc1ccc(N)cc1S(=O)(=O)NC1CCC(C)C1. The number of sulfonamides is 1. The average Bonchev–Trinajstić information content (AvgIpc) is 2.76. The summed E-state index contributed by atoms with van der Waals surface area (Å²) in [6.45, 7) is 4.37. The van der Waals surface area contributed by atoms with Crippen molar-refractivity contribution < 1.29 is 13.2 Å². The second-order valence-corrected chi connectivity index (χ2v) is 7.06. The lowest BCUT2D eigenvalue weighted by Crippen LogP contribution is -2.33. The molecule has 0 heterocycles. The normalized spacial score (nSPS) is 22.9. The number of nitrogens with two attached hydrogens (primary N) is 1. The van der Waals surface area contributed by atoms with Gasteiger partial charge in [0.1, 0.15) is 10.6 Å². The summed E-state index contributed by atoms with van der Waals surface area (Å²) in [5.41, 5.74) is 6.11. The molecule has 0 saturated heterocycles. The highest BCUT2D eigenvalue weighted by Crippen LogP contribution is 2.29. The summed E-state index contributed by atoms with van der Waals surface area (Å²) in [7, 11) is -3.60. The lowest BCUT2D eigenvalue weighted by molar-refractivity contribution is 0.331. The van der Waals surface area contributed by atoms with E-state index < -0.39 is 10.0 Å². The van der Waals surface area contributed by atoms with Gasteiger partial charge in [-0.05, 0) is 50.3 Å². The van der Waals surface area contributed by atoms with Crippen LogP contribution in [0.3, 0.4) is 0 Å². The number of nitrogen functional groups attached to an aromatic ring is 1. The number of ether oxygens (including phenoxy) is 1. The molecule has 20 heavy (non-hydrogen) atoms. The Labute approximate surface area is 120 Å². The second kappa shape index (κ2) is 6.01. The van der Waals surface area contributed by atoms with Crippen molar-refractivity contribution in [3.8, 4) is 5.75 Å². The first-order valence-electron chi connectivity index (χ1n) is 6.97. The highest BCUT2D eigenvalue weighted by Gasteiger charge is 2.28. The highest BCUT2D eigenvalue weighted by molar-refractivity contribution is 7.89. The number of anilines is 1. The van der Waals surface area contributed by atoms with Gasteiger partial charge in [0, 0.05) is 11.7 Å². The van der Waals surface area contributed by atoms with Crippen LogP contribution in [0.1, 0.15) is 33.1 Å². The van der Waals surface area contributed by atoms with Crippen LogP contribution >= 0.6 is 0 Å². The van der Waals surface area contributed by atoms with Crippen LogP contribution in [0.5, 0.6) is 5.75 Å². The molecule has 112 valence electrons. The van der Waals surface area contributed by atoms with Crippen LogP contribution in [0, 0.1) is 5.92 Å². The van der Waals surface area contributed by atoms with Gasteiger partial charge in [-0.25, -0.2) is 13.1 Å². The van der Waals surface area contributed by atoms with Crippen molar-refractivity contribution in [3.05, 3.63) is 18.2 Å². The van der Waals surface area contributed by atoms with Crippen LogP contribution in [0.25, 0.3) is 0 Å². The maximum absolute atomic E-state index is 12.5. The molecule has 1 fully saturated rings. The molecule has 0 aliphatic heterocycles. The quantitative estimate of drug-likeness (QED) is 0.816.